The van der Waals surface area contributed by atoms with Crippen LogP contribution in [0, 0.1) is 0 Å². The van der Waals surface area contributed by atoms with E-state index in [0.29, 0.717) is 12.8 Å². The zero-order valence-electron chi connectivity index (χ0n) is 14.9. The molecule has 0 aromatic heterocycles. The van der Waals surface area contributed by atoms with Crippen molar-refractivity contribution in [2.75, 3.05) is 13.3 Å². The molecule has 2 aromatic rings. The summed E-state index contributed by atoms with van der Waals surface area (Å²) in [5.41, 5.74) is 2.30. The van der Waals surface area contributed by atoms with Gasteiger partial charge in [0.25, 0.3) is 0 Å². The first-order chi connectivity index (χ1) is 13.1. The largest absolute Gasteiger partial charge is 0.478 e. The van der Waals surface area contributed by atoms with Crippen LogP contribution in [0.25, 0.3) is 0 Å². The van der Waals surface area contributed by atoms with Crippen molar-refractivity contribution in [3.05, 3.63) is 59.2 Å². The quantitative estimate of drug-likeness (QED) is 0.876. The Morgan fingerprint density at radius 2 is 1.85 bits per heavy atom. The van der Waals surface area contributed by atoms with Crippen LogP contribution in [0.1, 0.15) is 46.8 Å². The van der Waals surface area contributed by atoms with Gasteiger partial charge in [-0.1, -0.05) is 18.2 Å². The van der Waals surface area contributed by atoms with Gasteiger partial charge in [-0.25, -0.2) is 4.79 Å². The van der Waals surface area contributed by atoms with E-state index in [-0.39, 0.29) is 24.3 Å². The minimum absolute atomic E-state index is 0.0707. The molecule has 0 bridgehead atoms. The highest BCUT2D eigenvalue weighted by molar-refractivity contribution is 5.87. The van der Waals surface area contributed by atoms with Crippen LogP contribution in [-0.4, -0.2) is 35.2 Å². The number of likely N-dealkylation sites (tertiary alicyclic amines) is 1. The second-order valence-corrected chi connectivity index (χ2v) is 6.86. The third-order valence-electron chi connectivity index (χ3n) is 5.18. The molecule has 2 aliphatic rings. The minimum Gasteiger partial charge on any atom is -0.478 e. The van der Waals surface area contributed by atoms with Crippen molar-refractivity contribution >= 4 is 11.9 Å². The third kappa shape index (κ3) is 3.60. The molecule has 1 saturated heterocycles. The first kappa shape index (κ1) is 17.4. The first-order valence-corrected chi connectivity index (χ1v) is 9.13. The van der Waals surface area contributed by atoms with E-state index in [2.05, 4.69) is 0 Å². The van der Waals surface area contributed by atoms with Gasteiger partial charge in [0.15, 0.2) is 11.5 Å². The normalized spacial score (nSPS) is 17.9. The maximum atomic E-state index is 12.8. The van der Waals surface area contributed by atoms with Crippen molar-refractivity contribution in [1.82, 2.24) is 4.90 Å². The Bertz CT molecular complexity index is 861. The Morgan fingerprint density at radius 3 is 2.63 bits per heavy atom. The molecule has 27 heavy (non-hydrogen) atoms. The van der Waals surface area contributed by atoms with Crippen LogP contribution in [0.2, 0.25) is 0 Å². The number of aryl methyl sites for hydroxylation is 1. The fourth-order valence-electron chi connectivity index (χ4n) is 3.74. The molecular weight excluding hydrogens is 346 g/mol. The highest BCUT2D eigenvalue weighted by Gasteiger charge is 2.30. The number of carbonyl (C=O) groups excluding carboxylic acids is 1. The number of carbonyl (C=O) groups is 2. The van der Waals surface area contributed by atoms with Crippen LogP contribution in [-0.2, 0) is 11.2 Å². The highest BCUT2D eigenvalue weighted by atomic mass is 16.7. The highest BCUT2D eigenvalue weighted by Crippen LogP contribution is 2.39. The molecule has 1 N–H and O–H groups in total. The van der Waals surface area contributed by atoms with E-state index in [1.165, 1.54) is 0 Å². The van der Waals surface area contributed by atoms with Gasteiger partial charge < -0.3 is 19.5 Å². The molecule has 0 spiro atoms. The van der Waals surface area contributed by atoms with Gasteiger partial charge >= 0.3 is 5.97 Å². The van der Waals surface area contributed by atoms with Crippen LogP contribution in [0.3, 0.4) is 0 Å². The van der Waals surface area contributed by atoms with E-state index in [1.54, 1.807) is 24.3 Å². The molecule has 0 saturated carbocycles. The molecule has 0 aliphatic carbocycles. The molecule has 6 heteroatoms. The Hall–Kier alpha value is -3.02. The monoisotopic (exact) mass is 367 g/mol. The Kier molecular flexibility index (Phi) is 4.71. The molecule has 1 unspecified atom stereocenters. The third-order valence-corrected chi connectivity index (χ3v) is 5.18. The van der Waals surface area contributed by atoms with E-state index in [4.69, 9.17) is 14.6 Å². The number of amides is 1. The van der Waals surface area contributed by atoms with Gasteiger partial charge in [-0.05, 0) is 54.7 Å². The van der Waals surface area contributed by atoms with Crippen molar-refractivity contribution in [1.29, 1.82) is 0 Å². The number of hydrogen-bond donors (Lipinski definition) is 1. The summed E-state index contributed by atoms with van der Waals surface area (Å²) in [4.78, 5) is 25.7. The molecular formula is C21H21NO5. The number of aromatic carboxylic acids is 1. The fourth-order valence-corrected chi connectivity index (χ4v) is 3.74. The maximum absolute atomic E-state index is 12.8. The molecule has 4 rings (SSSR count). The summed E-state index contributed by atoms with van der Waals surface area (Å²) >= 11 is 0. The summed E-state index contributed by atoms with van der Waals surface area (Å²) < 4.78 is 10.8. The van der Waals surface area contributed by atoms with Crippen molar-refractivity contribution in [2.24, 2.45) is 0 Å². The molecule has 2 aromatic carbocycles. The summed E-state index contributed by atoms with van der Waals surface area (Å²) in [5.74, 6) is 0.670. The summed E-state index contributed by atoms with van der Waals surface area (Å²) in [7, 11) is 0. The van der Waals surface area contributed by atoms with E-state index in [9.17, 15) is 9.59 Å². The molecule has 140 valence electrons. The molecule has 2 heterocycles. The number of hydrogen-bond acceptors (Lipinski definition) is 4. The standard InChI is InChI=1S/C21H21NO5/c23-20(10-5-14-3-6-15(7-4-14)21(24)25)22-11-1-2-17(22)16-8-9-18-19(12-16)27-13-26-18/h3-4,6-9,12,17H,1-2,5,10-11,13H2,(H,24,25). The number of nitrogens with zero attached hydrogens (tertiary/aromatic N) is 1. The van der Waals surface area contributed by atoms with E-state index < -0.39 is 5.97 Å². The summed E-state index contributed by atoms with van der Waals surface area (Å²) in [5, 5.41) is 8.96. The van der Waals surface area contributed by atoms with Gasteiger partial charge in [0.05, 0.1) is 11.6 Å². The van der Waals surface area contributed by atoms with Crippen molar-refractivity contribution in [3.63, 3.8) is 0 Å². The Balaban J connectivity index is 1.41. The van der Waals surface area contributed by atoms with E-state index in [0.717, 1.165) is 42.0 Å². The lowest BCUT2D eigenvalue weighted by atomic mass is 10.0. The molecule has 1 amide bonds. The van der Waals surface area contributed by atoms with Gasteiger partial charge in [0.2, 0.25) is 12.7 Å². The number of fused-ring (bicyclic) bond motifs is 1. The average molecular weight is 367 g/mol. The topological polar surface area (TPSA) is 76.1 Å². The predicted octanol–water partition coefficient (Wildman–Crippen LogP) is 3.41. The fraction of sp³-hybridized carbons (Fsp3) is 0.333. The molecule has 1 fully saturated rings. The number of rotatable bonds is 5. The molecule has 0 radical (unpaired) electrons. The second-order valence-electron chi connectivity index (χ2n) is 6.86. The molecule has 6 nitrogen and oxygen atoms in total. The first-order valence-electron chi connectivity index (χ1n) is 9.13. The maximum Gasteiger partial charge on any atom is 0.335 e. The second kappa shape index (κ2) is 7.31. The number of benzene rings is 2. The lowest BCUT2D eigenvalue weighted by molar-refractivity contribution is -0.132. The van der Waals surface area contributed by atoms with Crippen molar-refractivity contribution in [3.8, 4) is 11.5 Å². The lowest BCUT2D eigenvalue weighted by Gasteiger charge is -2.25. The van der Waals surface area contributed by atoms with Crippen molar-refractivity contribution in [2.45, 2.75) is 31.7 Å². The average Bonchev–Trinajstić information content (AvgIpc) is 3.34. The van der Waals surface area contributed by atoms with Crippen LogP contribution in [0.4, 0.5) is 0 Å². The summed E-state index contributed by atoms with van der Waals surface area (Å²) in [6.45, 7) is 1.00. The van der Waals surface area contributed by atoms with E-state index in [1.807, 2.05) is 23.1 Å². The molecule has 2 aliphatic heterocycles. The van der Waals surface area contributed by atoms with Crippen LogP contribution >= 0.6 is 0 Å². The van der Waals surface area contributed by atoms with Gasteiger partial charge in [-0.3, -0.25) is 4.79 Å². The van der Waals surface area contributed by atoms with E-state index >= 15 is 0 Å². The van der Waals surface area contributed by atoms with Gasteiger partial charge in [0, 0.05) is 13.0 Å². The number of carboxylic acid groups (broad SMARTS) is 1. The Morgan fingerprint density at radius 1 is 1.07 bits per heavy atom. The zero-order chi connectivity index (χ0) is 18.8. The molecule has 1 atom stereocenters. The summed E-state index contributed by atoms with van der Waals surface area (Å²) in [6, 6.07) is 12.7. The van der Waals surface area contributed by atoms with Gasteiger partial charge in [-0.2, -0.15) is 0 Å². The summed E-state index contributed by atoms with van der Waals surface area (Å²) in [6.07, 6.45) is 2.94. The predicted molar refractivity (Wildman–Crippen MR) is 98.0 cm³/mol. The lowest BCUT2D eigenvalue weighted by Crippen LogP contribution is -2.30. The van der Waals surface area contributed by atoms with Crippen LogP contribution < -0.4 is 9.47 Å². The van der Waals surface area contributed by atoms with Gasteiger partial charge in [0.1, 0.15) is 0 Å². The number of ether oxygens (including phenoxy) is 2. The zero-order valence-corrected chi connectivity index (χ0v) is 14.9. The Labute approximate surface area is 157 Å². The van der Waals surface area contributed by atoms with Crippen LogP contribution in [0.15, 0.2) is 42.5 Å². The minimum atomic E-state index is -0.943. The smallest absolute Gasteiger partial charge is 0.335 e. The van der Waals surface area contributed by atoms with Crippen LogP contribution in [0.5, 0.6) is 11.5 Å². The van der Waals surface area contributed by atoms with Gasteiger partial charge in [-0.15, -0.1) is 0 Å². The number of carboxylic acids is 1. The van der Waals surface area contributed by atoms with Crippen molar-refractivity contribution < 1.29 is 24.2 Å². The SMILES string of the molecule is O=C(O)c1ccc(CCC(=O)N2CCCC2c2ccc3c(c2)OCO3)cc1.